The minimum atomic E-state index is 0.388. The van der Waals surface area contributed by atoms with Crippen molar-refractivity contribution < 1.29 is 4.74 Å². The molecule has 0 fully saturated rings. The molecule has 0 aromatic carbocycles. The Kier molecular flexibility index (Phi) is 6.56. The van der Waals surface area contributed by atoms with E-state index in [-0.39, 0.29) is 0 Å². The van der Waals surface area contributed by atoms with Crippen molar-refractivity contribution in [3.63, 3.8) is 0 Å². The monoisotopic (exact) mass is 266 g/mol. The summed E-state index contributed by atoms with van der Waals surface area (Å²) >= 11 is 0. The summed E-state index contributed by atoms with van der Waals surface area (Å²) in [6.07, 6.45) is 2.63. The van der Waals surface area contributed by atoms with Crippen LogP contribution in [-0.2, 0) is 4.74 Å². The highest BCUT2D eigenvalue weighted by molar-refractivity contribution is 5.50. The van der Waals surface area contributed by atoms with Crippen LogP contribution in [-0.4, -0.2) is 49.9 Å². The van der Waals surface area contributed by atoms with Crippen molar-refractivity contribution >= 4 is 11.6 Å². The van der Waals surface area contributed by atoms with Crippen LogP contribution < -0.4 is 9.80 Å². The number of aromatic nitrogens is 2. The summed E-state index contributed by atoms with van der Waals surface area (Å²) in [5.74, 6) is 1.95. The zero-order chi connectivity index (χ0) is 14.3. The molecule has 0 amide bonds. The van der Waals surface area contributed by atoms with Crippen LogP contribution in [0, 0.1) is 0 Å². The molecule has 0 aliphatic heterocycles. The maximum Gasteiger partial charge on any atom is 0.134 e. The lowest BCUT2D eigenvalue weighted by Gasteiger charge is -2.27. The zero-order valence-electron chi connectivity index (χ0n) is 12.8. The lowest BCUT2D eigenvalue weighted by Crippen LogP contribution is -2.31. The Hall–Kier alpha value is -1.36. The van der Waals surface area contributed by atoms with Crippen molar-refractivity contribution in [2.45, 2.75) is 33.2 Å². The minimum Gasteiger partial charge on any atom is -0.385 e. The van der Waals surface area contributed by atoms with Gasteiger partial charge in [0, 0.05) is 46.0 Å². The van der Waals surface area contributed by atoms with E-state index in [4.69, 9.17) is 4.74 Å². The lowest BCUT2D eigenvalue weighted by molar-refractivity contribution is 0.189. The molecule has 0 aliphatic rings. The third-order valence-electron chi connectivity index (χ3n) is 3.49. The zero-order valence-corrected chi connectivity index (χ0v) is 12.8. The van der Waals surface area contributed by atoms with Gasteiger partial charge in [0.05, 0.1) is 0 Å². The second kappa shape index (κ2) is 7.94. The van der Waals surface area contributed by atoms with Crippen molar-refractivity contribution in [3.8, 4) is 0 Å². The molecule has 0 spiro atoms. The highest BCUT2D eigenvalue weighted by Gasteiger charge is 2.13. The molecule has 1 heterocycles. The first-order valence-corrected chi connectivity index (χ1v) is 6.92. The number of nitrogens with zero attached hydrogens (tertiary/aromatic N) is 4. The molecule has 1 unspecified atom stereocenters. The molecule has 1 atom stereocenters. The Morgan fingerprint density at radius 1 is 1.21 bits per heavy atom. The molecule has 5 nitrogen and oxygen atoms in total. The summed E-state index contributed by atoms with van der Waals surface area (Å²) in [6.45, 7) is 9.12. The predicted molar refractivity (Wildman–Crippen MR) is 80.0 cm³/mol. The average Bonchev–Trinajstić information content (AvgIpc) is 2.45. The average molecular weight is 266 g/mol. The quantitative estimate of drug-likeness (QED) is 0.721. The van der Waals surface area contributed by atoms with Gasteiger partial charge < -0.3 is 14.5 Å². The van der Waals surface area contributed by atoms with E-state index in [1.165, 1.54) is 0 Å². The van der Waals surface area contributed by atoms with Gasteiger partial charge in [-0.1, -0.05) is 0 Å². The van der Waals surface area contributed by atoms with Gasteiger partial charge in [-0.3, -0.25) is 0 Å². The van der Waals surface area contributed by atoms with Crippen molar-refractivity contribution in [3.05, 3.63) is 12.4 Å². The fourth-order valence-corrected chi connectivity index (χ4v) is 1.96. The predicted octanol–water partition coefficient (Wildman–Crippen LogP) is 2.18. The maximum absolute atomic E-state index is 5.13. The van der Waals surface area contributed by atoms with Crippen LogP contribution >= 0.6 is 0 Å². The van der Waals surface area contributed by atoms with Crippen LogP contribution in [0.2, 0.25) is 0 Å². The molecular formula is C14H26N4O. The molecule has 1 aromatic heterocycles. The molecule has 1 aromatic rings. The summed E-state index contributed by atoms with van der Waals surface area (Å²) in [7, 11) is 3.80. The van der Waals surface area contributed by atoms with E-state index in [0.29, 0.717) is 6.04 Å². The van der Waals surface area contributed by atoms with E-state index >= 15 is 0 Å². The standard InChI is InChI=1S/C14H26N4O/c1-6-18(7-2)14-10-13(15-11-16-14)17(4)12(3)8-9-19-5/h10-12H,6-9H2,1-5H3. The molecule has 5 heteroatoms. The molecule has 19 heavy (non-hydrogen) atoms. The van der Waals surface area contributed by atoms with Crippen molar-refractivity contribution in [1.29, 1.82) is 0 Å². The SMILES string of the molecule is CCN(CC)c1cc(N(C)C(C)CCOC)ncn1. The summed E-state index contributed by atoms with van der Waals surface area (Å²) in [5.41, 5.74) is 0. The molecule has 1 rings (SSSR count). The van der Waals surface area contributed by atoms with Crippen LogP contribution in [0.5, 0.6) is 0 Å². The first-order chi connectivity index (χ1) is 9.13. The van der Waals surface area contributed by atoms with Crippen LogP contribution in [0.1, 0.15) is 27.2 Å². The fraction of sp³-hybridized carbons (Fsp3) is 0.714. The van der Waals surface area contributed by atoms with E-state index in [9.17, 15) is 0 Å². The lowest BCUT2D eigenvalue weighted by atomic mass is 10.2. The first kappa shape index (κ1) is 15.7. The molecule has 108 valence electrons. The normalized spacial score (nSPS) is 12.3. The van der Waals surface area contributed by atoms with Gasteiger partial charge in [0.2, 0.25) is 0 Å². The summed E-state index contributed by atoms with van der Waals surface area (Å²) in [5, 5.41) is 0. The van der Waals surface area contributed by atoms with Gasteiger partial charge in [-0.15, -0.1) is 0 Å². The van der Waals surface area contributed by atoms with Gasteiger partial charge >= 0.3 is 0 Å². The number of hydrogen-bond donors (Lipinski definition) is 0. The fourth-order valence-electron chi connectivity index (χ4n) is 1.96. The topological polar surface area (TPSA) is 41.5 Å². The molecule has 0 saturated carbocycles. The second-order valence-corrected chi connectivity index (χ2v) is 4.65. The number of hydrogen-bond acceptors (Lipinski definition) is 5. The van der Waals surface area contributed by atoms with Crippen LogP contribution in [0.15, 0.2) is 12.4 Å². The number of methoxy groups -OCH3 is 1. The van der Waals surface area contributed by atoms with Gasteiger partial charge in [0.1, 0.15) is 18.0 Å². The number of rotatable bonds is 8. The van der Waals surface area contributed by atoms with E-state index in [2.05, 4.69) is 53.7 Å². The van der Waals surface area contributed by atoms with Crippen LogP contribution in [0.25, 0.3) is 0 Å². The third kappa shape index (κ3) is 4.35. The molecule has 0 bridgehead atoms. The molecule has 0 N–H and O–H groups in total. The maximum atomic E-state index is 5.13. The van der Waals surface area contributed by atoms with Crippen LogP contribution in [0.4, 0.5) is 11.6 Å². The molecule has 0 aliphatic carbocycles. The number of ether oxygens (including phenoxy) is 1. The van der Waals surface area contributed by atoms with Gasteiger partial charge in [-0.2, -0.15) is 0 Å². The highest BCUT2D eigenvalue weighted by atomic mass is 16.5. The van der Waals surface area contributed by atoms with Crippen molar-refractivity contribution in [2.75, 3.05) is 43.7 Å². The highest BCUT2D eigenvalue weighted by Crippen LogP contribution is 2.18. The Bertz CT molecular complexity index is 368. The molecule has 0 radical (unpaired) electrons. The largest absolute Gasteiger partial charge is 0.385 e. The van der Waals surface area contributed by atoms with Gasteiger partial charge in [0.15, 0.2) is 0 Å². The summed E-state index contributed by atoms with van der Waals surface area (Å²) in [4.78, 5) is 13.1. The Morgan fingerprint density at radius 3 is 2.42 bits per heavy atom. The molecule has 0 saturated heterocycles. The van der Waals surface area contributed by atoms with Gasteiger partial charge in [-0.25, -0.2) is 9.97 Å². The van der Waals surface area contributed by atoms with E-state index in [0.717, 1.165) is 37.8 Å². The van der Waals surface area contributed by atoms with Gasteiger partial charge in [-0.05, 0) is 27.2 Å². The van der Waals surface area contributed by atoms with Gasteiger partial charge in [0.25, 0.3) is 0 Å². The summed E-state index contributed by atoms with van der Waals surface area (Å²) in [6, 6.07) is 2.44. The first-order valence-electron chi connectivity index (χ1n) is 6.92. The van der Waals surface area contributed by atoms with E-state index in [1.807, 2.05) is 0 Å². The molecular weight excluding hydrogens is 240 g/mol. The Balaban J connectivity index is 2.80. The Labute approximate surface area is 116 Å². The smallest absolute Gasteiger partial charge is 0.134 e. The third-order valence-corrected chi connectivity index (χ3v) is 3.49. The van der Waals surface area contributed by atoms with E-state index < -0.39 is 0 Å². The van der Waals surface area contributed by atoms with Crippen molar-refractivity contribution in [1.82, 2.24) is 9.97 Å². The second-order valence-electron chi connectivity index (χ2n) is 4.65. The minimum absolute atomic E-state index is 0.388. The van der Waals surface area contributed by atoms with E-state index in [1.54, 1.807) is 13.4 Å². The van der Waals surface area contributed by atoms with Crippen LogP contribution in [0.3, 0.4) is 0 Å². The Morgan fingerprint density at radius 2 is 1.84 bits per heavy atom. The summed E-state index contributed by atoms with van der Waals surface area (Å²) < 4.78 is 5.13. The van der Waals surface area contributed by atoms with Crippen molar-refractivity contribution in [2.24, 2.45) is 0 Å². The number of anilines is 2.